The van der Waals surface area contributed by atoms with E-state index in [0.29, 0.717) is 6.42 Å². The van der Waals surface area contributed by atoms with Gasteiger partial charge in [0, 0.05) is 12.6 Å². The maximum Gasteiger partial charge on any atom is 0.232 e. The molecule has 0 aromatic heterocycles. The van der Waals surface area contributed by atoms with Crippen LogP contribution < -0.4 is 5.32 Å². The van der Waals surface area contributed by atoms with Gasteiger partial charge >= 0.3 is 0 Å². The highest BCUT2D eigenvalue weighted by molar-refractivity contribution is 5.78. The van der Waals surface area contributed by atoms with Crippen molar-refractivity contribution in [3.05, 3.63) is 0 Å². The number of carbonyl (C=O) groups is 1. The van der Waals surface area contributed by atoms with Gasteiger partial charge in [0.15, 0.2) is 0 Å². The van der Waals surface area contributed by atoms with E-state index in [1.807, 2.05) is 20.8 Å². The first-order chi connectivity index (χ1) is 6.41. The standard InChI is InChI=1S/C11H19NO2/c1-5-6-10(14)12-9(7-8-13)11(2,3)4/h1,9,13H,6-8H2,2-4H3,(H,12,14). The van der Waals surface area contributed by atoms with Crippen molar-refractivity contribution in [1.29, 1.82) is 0 Å². The largest absolute Gasteiger partial charge is 0.396 e. The fourth-order valence-corrected chi connectivity index (χ4v) is 1.19. The van der Waals surface area contributed by atoms with E-state index >= 15 is 0 Å². The van der Waals surface area contributed by atoms with Crippen molar-refractivity contribution in [2.24, 2.45) is 5.41 Å². The van der Waals surface area contributed by atoms with Gasteiger partial charge in [-0.15, -0.1) is 6.42 Å². The Labute approximate surface area is 85.9 Å². The van der Waals surface area contributed by atoms with E-state index in [9.17, 15) is 4.79 Å². The Morgan fingerprint density at radius 1 is 1.57 bits per heavy atom. The lowest BCUT2D eigenvalue weighted by Crippen LogP contribution is -2.44. The molecule has 1 atom stereocenters. The van der Waals surface area contributed by atoms with Gasteiger partial charge in [0.05, 0.1) is 6.42 Å². The van der Waals surface area contributed by atoms with E-state index in [4.69, 9.17) is 11.5 Å². The van der Waals surface area contributed by atoms with E-state index in [0.717, 1.165) is 0 Å². The summed E-state index contributed by atoms with van der Waals surface area (Å²) in [5.41, 5.74) is -0.0625. The van der Waals surface area contributed by atoms with Gasteiger partial charge in [0.25, 0.3) is 0 Å². The Bertz CT molecular complexity index is 222. The van der Waals surface area contributed by atoms with E-state index < -0.39 is 0 Å². The summed E-state index contributed by atoms with van der Waals surface area (Å²) in [6, 6.07) is -0.0339. The smallest absolute Gasteiger partial charge is 0.232 e. The summed E-state index contributed by atoms with van der Waals surface area (Å²) in [4.78, 5) is 11.2. The zero-order valence-corrected chi connectivity index (χ0v) is 9.13. The number of aliphatic hydroxyl groups is 1. The van der Waals surface area contributed by atoms with Crippen LogP contribution in [0.1, 0.15) is 33.6 Å². The predicted octanol–water partition coefficient (Wildman–Crippen LogP) is 0.923. The Morgan fingerprint density at radius 2 is 2.14 bits per heavy atom. The van der Waals surface area contributed by atoms with E-state index in [-0.39, 0.29) is 30.4 Å². The first kappa shape index (κ1) is 13.0. The van der Waals surface area contributed by atoms with Gasteiger partial charge < -0.3 is 10.4 Å². The fourth-order valence-electron chi connectivity index (χ4n) is 1.19. The lowest BCUT2D eigenvalue weighted by molar-refractivity contribution is -0.121. The monoisotopic (exact) mass is 197 g/mol. The number of nitrogens with one attached hydrogen (secondary N) is 1. The quantitative estimate of drug-likeness (QED) is 0.658. The highest BCUT2D eigenvalue weighted by atomic mass is 16.3. The maximum atomic E-state index is 11.2. The number of hydrogen-bond acceptors (Lipinski definition) is 2. The van der Waals surface area contributed by atoms with Crippen molar-refractivity contribution in [3.8, 4) is 12.3 Å². The predicted molar refractivity (Wildman–Crippen MR) is 56.5 cm³/mol. The molecule has 0 rings (SSSR count). The third kappa shape index (κ3) is 4.88. The van der Waals surface area contributed by atoms with Crippen molar-refractivity contribution < 1.29 is 9.90 Å². The molecule has 0 aliphatic carbocycles. The molecule has 0 saturated heterocycles. The van der Waals surface area contributed by atoms with Crippen LogP contribution in [-0.2, 0) is 4.79 Å². The number of aliphatic hydroxyl groups excluding tert-OH is 1. The minimum absolute atomic E-state index is 0.0339. The summed E-state index contributed by atoms with van der Waals surface area (Å²) in [7, 11) is 0. The van der Waals surface area contributed by atoms with Crippen LogP contribution in [0.25, 0.3) is 0 Å². The van der Waals surface area contributed by atoms with E-state index in [1.54, 1.807) is 0 Å². The average molecular weight is 197 g/mol. The molecule has 0 aromatic carbocycles. The molecule has 0 aliphatic rings. The highest BCUT2D eigenvalue weighted by Crippen LogP contribution is 2.21. The lowest BCUT2D eigenvalue weighted by atomic mass is 9.85. The van der Waals surface area contributed by atoms with Crippen LogP contribution in [0.3, 0.4) is 0 Å². The summed E-state index contributed by atoms with van der Waals surface area (Å²) >= 11 is 0. The molecule has 0 aromatic rings. The molecule has 2 N–H and O–H groups in total. The molecule has 3 nitrogen and oxygen atoms in total. The Kier molecular flexibility index (Phi) is 5.26. The van der Waals surface area contributed by atoms with Gasteiger partial charge in [-0.3, -0.25) is 4.79 Å². The third-order valence-corrected chi connectivity index (χ3v) is 2.06. The Hall–Kier alpha value is -1.01. The summed E-state index contributed by atoms with van der Waals surface area (Å²) in [6.45, 7) is 6.12. The van der Waals surface area contributed by atoms with Crippen molar-refractivity contribution in [2.45, 2.75) is 39.7 Å². The third-order valence-electron chi connectivity index (χ3n) is 2.06. The molecule has 1 amide bonds. The molecule has 14 heavy (non-hydrogen) atoms. The molecule has 80 valence electrons. The molecule has 1 unspecified atom stereocenters. The van der Waals surface area contributed by atoms with Crippen molar-refractivity contribution in [3.63, 3.8) is 0 Å². The topological polar surface area (TPSA) is 49.3 Å². The van der Waals surface area contributed by atoms with Crippen molar-refractivity contribution in [1.82, 2.24) is 5.32 Å². The maximum absolute atomic E-state index is 11.2. The van der Waals surface area contributed by atoms with Crippen molar-refractivity contribution >= 4 is 5.91 Å². The van der Waals surface area contributed by atoms with E-state index in [2.05, 4.69) is 11.2 Å². The molecule has 0 spiro atoms. The molecule has 0 saturated carbocycles. The number of amides is 1. The second-order valence-electron chi connectivity index (χ2n) is 4.38. The molecule has 0 bridgehead atoms. The summed E-state index contributed by atoms with van der Waals surface area (Å²) in [5.74, 6) is 2.14. The summed E-state index contributed by atoms with van der Waals surface area (Å²) in [6.07, 6.45) is 5.68. The van der Waals surface area contributed by atoms with Crippen LogP contribution in [0, 0.1) is 17.8 Å². The van der Waals surface area contributed by atoms with Gasteiger partial charge in [-0.05, 0) is 11.8 Å². The molecule has 0 aliphatic heterocycles. The number of hydrogen-bond donors (Lipinski definition) is 2. The van der Waals surface area contributed by atoms with Gasteiger partial charge in [0.2, 0.25) is 5.91 Å². The van der Waals surface area contributed by atoms with Crippen LogP contribution in [0.4, 0.5) is 0 Å². The van der Waals surface area contributed by atoms with Crippen LogP contribution >= 0.6 is 0 Å². The van der Waals surface area contributed by atoms with Gasteiger partial charge in [-0.1, -0.05) is 26.7 Å². The minimum atomic E-state index is -0.152. The average Bonchev–Trinajstić information content (AvgIpc) is 2.02. The SMILES string of the molecule is C#CCC(=O)NC(CCO)C(C)(C)C. The number of carbonyl (C=O) groups excluding carboxylic acids is 1. The Balaban J connectivity index is 4.25. The molecule has 3 heteroatoms. The molecular formula is C11H19NO2. The highest BCUT2D eigenvalue weighted by Gasteiger charge is 2.25. The molecule has 0 heterocycles. The molecular weight excluding hydrogens is 178 g/mol. The number of rotatable bonds is 4. The second kappa shape index (κ2) is 5.66. The first-order valence-corrected chi connectivity index (χ1v) is 4.75. The van der Waals surface area contributed by atoms with Crippen LogP contribution in [-0.4, -0.2) is 23.7 Å². The van der Waals surface area contributed by atoms with Crippen molar-refractivity contribution in [2.75, 3.05) is 6.61 Å². The minimum Gasteiger partial charge on any atom is -0.396 e. The fraction of sp³-hybridized carbons (Fsp3) is 0.727. The van der Waals surface area contributed by atoms with E-state index in [1.165, 1.54) is 0 Å². The zero-order valence-electron chi connectivity index (χ0n) is 9.13. The first-order valence-electron chi connectivity index (χ1n) is 4.75. The van der Waals surface area contributed by atoms with Crippen LogP contribution in [0.5, 0.6) is 0 Å². The zero-order chi connectivity index (χ0) is 11.2. The van der Waals surface area contributed by atoms with Crippen LogP contribution in [0.2, 0.25) is 0 Å². The summed E-state index contributed by atoms with van der Waals surface area (Å²) in [5, 5.41) is 11.7. The Morgan fingerprint density at radius 3 is 2.50 bits per heavy atom. The summed E-state index contributed by atoms with van der Waals surface area (Å²) < 4.78 is 0. The van der Waals surface area contributed by atoms with Gasteiger partial charge in [-0.2, -0.15) is 0 Å². The lowest BCUT2D eigenvalue weighted by Gasteiger charge is -2.30. The number of terminal acetylenes is 1. The second-order valence-corrected chi connectivity index (χ2v) is 4.38. The molecule has 0 fully saturated rings. The van der Waals surface area contributed by atoms with Gasteiger partial charge in [-0.25, -0.2) is 0 Å². The molecule has 0 radical (unpaired) electrons. The van der Waals surface area contributed by atoms with Gasteiger partial charge in [0.1, 0.15) is 0 Å². The van der Waals surface area contributed by atoms with Crippen LogP contribution in [0.15, 0.2) is 0 Å². The normalized spacial score (nSPS) is 13.1.